The lowest BCUT2D eigenvalue weighted by atomic mass is 9.61. The average Bonchev–Trinajstić information content (AvgIpc) is 2.37. The van der Waals surface area contributed by atoms with Crippen molar-refractivity contribution in [3.05, 3.63) is 35.4 Å². The van der Waals surface area contributed by atoms with Crippen LogP contribution >= 0.6 is 0 Å². The zero-order valence-electron chi connectivity index (χ0n) is 11.3. The predicted octanol–water partition coefficient (Wildman–Crippen LogP) is 1.62. The monoisotopic (exact) mass is 249 g/mol. The highest BCUT2D eigenvalue weighted by Crippen LogP contribution is 2.44. The third-order valence-corrected chi connectivity index (χ3v) is 4.39. The first-order chi connectivity index (χ1) is 8.57. The summed E-state index contributed by atoms with van der Waals surface area (Å²) >= 11 is 0. The highest BCUT2D eigenvalue weighted by Gasteiger charge is 2.49. The van der Waals surface area contributed by atoms with Crippen molar-refractivity contribution in [1.82, 2.24) is 0 Å². The van der Waals surface area contributed by atoms with Gasteiger partial charge in [-0.3, -0.25) is 0 Å². The summed E-state index contributed by atoms with van der Waals surface area (Å²) in [4.78, 5) is 0. The topological polar surface area (TPSA) is 55.5 Å². The van der Waals surface area contributed by atoms with Crippen LogP contribution in [-0.2, 0) is 16.6 Å². The van der Waals surface area contributed by atoms with E-state index in [1.54, 1.807) is 7.11 Å². The number of nitrogens with two attached hydrogens (primary N) is 1. The van der Waals surface area contributed by atoms with E-state index in [1.807, 2.05) is 13.0 Å². The molecule has 0 bridgehead atoms. The van der Waals surface area contributed by atoms with Crippen LogP contribution < -0.4 is 5.73 Å². The lowest BCUT2D eigenvalue weighted by Gasteiger charge is -2.48. The Bertz CT molecular complexity index is 417. The van der Waals surface area contributed by atoms with E-state index in [2.05, 4.69) is 18.2 Å². The Balaban J connectivity index is 2.52. The molecule has 2 atom stereocenters. The molecular weight excluding hydrogens is 226 g/mol. The maximum absolute atomic E-state index is 10.8. The van der Waals surface area contributed by atoms with Crippen LogP contribution in [-0.4, -0.2) is 31.0 Å². The molecule has 0 saturated carbocycles. The van der Waals surface area contributed by atoms with E-state index in [1.165, 1.54) is 11.1 Å². The predicted molar refractivity (Wildman–Crippen MR) is 72.6 cm³/mol. The number of hydrogen-bond donors (Lipinski definition) is 2. The molecule has 18 heavy (non-hydrogen) atoms. The normalized spacial score (nSPS) is 26.4. The second kappa shape index (κ2) is 5.00. The molecule has 3 heteroatoms. The van der Waals surface area contributed by atoms with Gasteiger partial charge in [0.2, 0.25) is 0 Å². The Labute approximate surface area is 109 Å². The van der Waals surface area contributed by atoms with Gasteiger partial charge in [-0.25, -0.2) is 0 Å². The van der Waals surface area contributed by atoms with E-state index in [9.17, 15) is 5.11 Å². The van der Waals surface area contributed by atoms with E-state index in [4.69, 9.17) is 10.5 Å². The van der Waals surface area contributed by atoms with Crippen molar-refractivity contribution in [3.63, 3.8) is 0 Å². The van der Waals surface area contributed by atoms with Crippen molar-refractivity contribution in [3.8, 4) is 0 Å². The van der Waals surface area contributed by atoms with Crippen LogP contribution in [0, 0.1) is 0 Å². The molecular formula is C15H23NO2. The quantitative estimate of drug-likeness (QED) is 0.852. The molecule has 2 rings (SSSR count). The van der Waals surface area contributed by atoms with Crippen LogP contribution in [0.25, 0.3) is 0 Å². The van der Waals surface area contributed by atoms with Gasteiger partial charge in [-0.05, 0) is 37.3 Å². The molecule has 0 aliphatic heterocycles. The van der Waals surface area contributed by atoms with Crippen molar-refractivity contribution < 1.29 is 9.84 Å². The fraction of sp³-hybridized carbons (Fsp3) is 0.600. The lowest BCUT2D eigenvalue weighted by Crippen LogP contribution is -2.58. The highest BCUT2D eigenvalue weighted by atomic mass is 16.5. The van der Waals surface area contributed by atoms with Gasteiger partial charge in [-0.1, -0.05) is 24.3 Å². The van der Waals surface area contributed by atoms with Gasteiger partial charge in [0.1, 0.15) is 0 Å². The Morgan fingerprint density at radius 3 is 2.83 bits per heavy atom. The summed E-state index contributed by atoms with van der Waals surface area (Å²) in [6, 6.07) is 8.32. The largest absolute Gasteiger partial charge is 0.387 e. The summed E-state index contributed by atoms with van der Waals surface area (Å²) in [6.07, 6.45) is 3.05. The fourth-order valence-electron chi connectivity index (χ4n) is 3.33. The minimum atomic E-state index is -0.937. The molecule has 1 aliphatic rings. The number of hydrogen-bond acceptors (Lipinski definition) is 3. The van der Waals surface area contributed by atoms with Crippen molar-refractivity contribution in [2.24, 2.45) is 5.73 Å². The molecule has 2 unspecified atom stereocenters. The molecule has 0 amide bonds. The van der Waals surface area contributed by atoms with Crippen molar-refractivity contribution in [2.45, 2.75) is 37.2 Å². The summed E-state index contributed by atoms with van der Waals surface area (Å²) in [7, 11) is 1.62. The molecule has 0 spiro atoms. The van der Waals surface area contributed by atoms with Gasteiger partial charge in [0.05, 0.1) is 12.2 Å². The molecule has 1 aliphatic carbocycles. The summed E-state index contributed by atoms with van der Waals surface area (Å²) in [6.45, 7) is 2.59. The Morgan fingerprint density at radius 2 is 2.17 bits per heavy atom. The van der Waals surface area contributed by atoms with Crippen LogP contribution in [0.15, 0.2) is 24.3 Å². The summed E-state index contributed by atoms with van der Waals surface area (Å²) in [5.41, 5.74) is 7.23. The molecule has 0 aromatic heterocycles. The molecule has 0 heterocycles. The number of aryl methyl sites for hydroxylation is 1. The molecule has 0 fully saturated rings. The van der Waals surface area contributed by atoms with E-state index < -0.39 is 11.0 Å². The molecule has 0 saturated heterocycles. The zero-order valence-corrected chi connectivity index (χ0v) is 11.3. The van der Waals surface area contributed by atoms with Gasteiger partial charge < -0.3 is 15.6 Å². The van der Waals surface area contributed by atoms with Gasteiger partial charge in [-0.15, -0.1) is 0 Å². The number of fused-ring (bicyclic) bond motifs is 1. The van der Waals surface area contributed by atoms with Gasteiger partial charge in [0.25, 0.3) is 0 Å². The molecule has 1 aromatic carbocycles. The zero-order chi connectivity index (χ0) is 13.2. The van der Waals surface area contributed by atoms with Crippen molar-refractivity contribution >= 4 is 0 Å². The Kier molecular flexibility index (Phi) is 3.76. The number of benzene rings is 1. The summed E-state index contributed by atoms with van der Waals surface area (Å²) < 4.78 is 5.20. The first kappa shape index (κ1) is 13.5. The molecule has 3 nitrogen and oxygen atoms in total. The van der Waals surface area contributed by atoms with Crippen LogP contribution in [0.4, 0.5) is 0 Å². The Hall–Kier alpha value is -0.900. The number of aliphatic hydroxyl groups is 1. The lowest BCUT2D eigenvalue weighted by molar-refractivity contribution is -0.0797. The number of ether oxygens (including phenoxy) is 1. The maximum atomic E-state index is 10.8. The maximum Gasteiger partial charge on any atom is 0.0960 e. The molecule has 0 radical (unpaired) electrons. The number of methoxy groups -OCH3 is 1. The standard InChI is InChI=1S/C15H23NO2/c1-14(17,11-18-2)15(10-16)9-5-7-12-6-3-4-8-13(12)15/h3-4,6,8,17H,5,7,9-11,16H2,1-2H3. The third kappa shape index (κ3) is 1.96. The van der Waals surface area contributed by atoms with E-state index in [0.717, 1.165) is 19.3 Å². The highest BCUT2D eigenvalue weighted by molar-refractivity contribution is 5.40. The smallest absolute Gasteiger partial charge is 0.0960 e. The fourth-order valence-corrected chi connectivity index (χ4v) is 3.33. The van der Waals surface area contributed by atoms with Crippen molar-refractivity contribution in [1.29, 1.82) is 0 Å². The minimum absolute atomic E-state index is 0.304. The van der Waals surface area contributed by atoms with Crippen LogP contribution in [0.3, 0.4) is 0 Å². The first-order valence-electron chi connectivity index (χ1n) is 6.57. The second-order valence-corrected chi connectivity index (χ2v) is 5.50. The second-order valence-electron chi connectivity index (χ2n) is 5.50. The Morgan fingerprint density at radius 1 is 1.44 bits per heavy atom. The summed E-state index contributed by atoms with van der Waals surface area (Å²) in [5, 5.41) is 10.8. The van der Waals surface area contributed by atoms with Crippen molar-refractivity contribution in [2.75, 3.05) is 20.3 Å². The summed E-state index contributed by atoms with van der Waals surface area (Å²) in [5.74, 6) is 0. The molecule has 1 aromatic rings. The third-order valence-electron chi connectivity index (χ3n) is 4.39. The minimum Gasteiger partial charge on any atom is -0.387 e. The van der Waals surface area contributed by atoms with Crippen LogP contribution in [0.5, 0.6) is 0 Å². The van der Waals surface area contributed by atoms with Crippen LogP contribution in [0.2, 0.25) is 0 Å². The first-order valence-corrected chi connectivity index (χ1v) is 6.57. The van der Waals surface area contributed by atoms with Gasteiger partial charge in [0.15, 0.2) is 0 Å². The molecule has 100 valence electrons. The average molecular weight is 249 g/mol. The number of rotatable bonds is 4. The van der Waals surface area contributed by atoms with Gasteiger partial charge >= 0.3 is 0 Å². The molecule has 3 N–H and O–H groups in total. The SMILES string of the molecule is COCC(C)(O)C1(CN)CCCc2ccccc21. The van der Waals surface area contributed by atoms with E-state index in [-0.39, 0.29) is 0 Å². The van der Waals surface area contributed by atoms with Crippen LogP contribution in [0.1, 0.15) is 30.9 Å². The van der Waals surface area contributed by atoms with Gasteiger partial charge in [0, 0.05) is 19.1 Å². The van der Waals surface area contributed by atoms with Gasteiger partial charge in [-0.2, -0.15) is 0 Å². The van der Waals surface area contributed by atoms with E-state index in [0.29, 0.717) is 13.2 Å². The van der Waals surface area contributed by atoms with E-state index >= 15 is 0 Å².